The molecule has 1 aliphatic heterocycles. The van der Waals surface area contributed by atoms with Gasteiger partial charge in [0.2, 0.25) is 0 Å². The van der Waals surface area contributed by atoms with E-state index in [1.54, 1.807) is 0 Å². The molecule has 76 valence electrons. The SMILES string of the molecule is NC(CC1CCCC1)C1CCSC1. The van der Waals surface area contributed by atoms with Gasteiger partial charge in [-0.25, -0.2) is 0 Å². The molecule has 0 aromatic rings. The van der Waals surface area contributed by atoms with Gasteiger partial charge in [0.1, 0.15) is 0 Å². The molecule has 2 fully saturated rings. The highest BCUT2D eigenvalue weighted by molar-refractivity contribution is 7.99. The summed E-state index contributed by atoms with van der Waals surface area (Å²) in [5, 5.41) is 0. The van der Waals surface area contributed by atoms with E-state index in [1.807, 2.05) is 0 Å². The predicted molar refractivity (Wildman–Crippen MR) is 60.0 cm³/mol. The van der Waals surface area contributed by atoms with Crippen LogP contribution in [0.1, 0.15) is 38.5 Å². The quantitative estimate of drug-likeness (QED) is 0.756. The van der Waals surface area contributed by atoms with Gasteiger partial charge in [-0.15, -0.1) is 0 Å². The molecule has 2 atom stereocenters. The minimum atomic E-state index is 0.512. The second-order valence-corrected chi connectivity index (χ2v) is 5.82. The van der Waals surface area contributed by atoms with Crippen LogP contribution in [0.15, 0.2) is 0 Å². The van der Waals surface area contributed by atoms with E-state index in [0.29, 0.717) is 6.04 Å². The summed E-state index contributed by atoms with van der Waals surface area (Å²) in [4.78, 5) is 0. The van der Waals surface area contributed by atoms with Crippen molar-refractivity contribution in [3.8, 4) is 0 Å². The Morgan fingerprint density at radius 1 is 1.23 bits per heavy atom. The largest absolute Gasteiger partial charge is 0.327 e. The van der Waals surface area contributed by atoms with Crippen molar-refractivity contribution in [2.24, 2.45) is 17.6 Å². The Hall–Kier alpha value is 0.310. The molecule has 2 unspecified atom stereocenters. The summed E-state index contributed by atoms with van der Waals surface area (Å²) < 4.78 is 0. The normalized spacial score (nSPS) is 32.5. The molecule has 1 heterocycles. The van der Waals surface area contributed by atoms with Crippen LogP contribution in [-0.2, 0) is 0 Å². The molecule has 1 saturated carbocycles. The number of thioether (sulfide) groups is 1. The molecule has 0 aromatic carbocycles. The summed E-state index contributed by atoms with van der Waals surface area (Å²) in [5.41, 5.74) is 6.25. The van der Waals surface area contributed by atoms with E-state index in [4.69, 9.17) is 5.73 Å². The molecule has 0 bridgehead atoms. The maximum absolute atomic E-state index is 6.25. The van der Waals surface area contributed by atoms with Gasteiger partial charge in [0, 0.05) is 6.04 Å². The highest BCUT2D eigenvalue weighted by Gasteiger charge is 2.26. The Morgan fingerprint density at radius 3 is 2.62 bits per heavy atom. The third-order valence-corrected chi connectivity index (χ3v) is 4.84. The van der Waals surface area contributed by atoms with Crippen LogP contribution >= 0.6 is 11.8 Å². The Kier molecular flexibility index (Phi) is 3.56. The molecule has 2 N–H and O–H groups in total. The third-order valence-electron chi connectivity index (χ3n) is 3.65. The average molecular weight is 199 g/mol. The Morgan fingerprint density at radius 2 is 2.00 bits per heavy atom. The third kappa shape index (κ3) is 2.63. The zero-order valence-electron chi connectivity index (χ0n) is 8.37. The van der Waals surface area contributed by atoms with Crippen LogP contribution in [0.2, 0.25) is 0 Å². The van der Waals surface area contributed by atoms with E-state index in [9.17, 15) is 0 Å². The lowest BCUT2D eigenvalue weighted by molar-refractivity contribution is 0.365. The summed E-state index contributed by atoms with van der Waals surface area (Å²) in [6.45, 7) is 0. The maximum atomic E-state index is 6.25. The van der Waals surface area contributed by atoms with Gasteiger partial charge in [-0.1, -0.05) is 25.7 Å². The van der Waals surface area contributed by atoms with Gasteiger partial charge >= 0.3 is 0 Å². The second kappa shape index (κ2) is 4.70. The first kappa shape index (κ1) is 9.85. The fourth-order valence-electron chi connectivity index (χ4n) is 2.71. The number of nitrogens with two attached hydrogens (primary N) is 1. The van der Waals surface area contributed by atoms with E-state index in [1.165, 1.54) is 50.0 Å². The first-order valence-electron chi connectivity index (χ1n) is 5.69. The van der Waals surface area contributed by atoms with Crippen LogP contribution < -0.4 is 5.73 Å². The molecule has 13 heavy (non-hydrogen) atoms. The first-order valence-corrected chi connectivity index (χ1v) is 6.85. The molecule has 0 amide bonds. The average Bonchev–Trinajstić information content (AvgIpc) is 2.74. The van der Waals surface area contributed by atoms with E-state index >= 15 is 0 Å². The van der Waals surface area contributed by atoms with Crippen molar-refractivity contribution in [3.63, 3.8) is 0 Å². The standard InChI is InChI=1S/C11H21NS/c12-11(10-5-6-13-8-10)7-9-3-1-2-4-9/h9-11H,1-8,12H2. The molecule has 1 aliphatic carbocycles. The summed E-state index contributed by atoms with van der Waals surface area (Å²) >= 11 is 2.09. The molecule has 2 rings (SSSR count). The van der Waals surface area contributed by atoms with Crippen molar-refractivity contribution in [2.75, 3.05) is 11.5 Å². The Bertz CT molecular complexity index is 148. The molecule has 2 aliphatic rings. The van der Waals surface area contributed by atoms with Crippen molar-refractivity contribution in [1.29, 1.82) is 0 Å². The lowest BCUT2D eigenvalue weighted by atomic mass is 9.90. The Balaban J connectivity index is 1.73. The molecule has 1 nitrogen and oxygen atoms in total. The van der Waals surface area contributed by atoms with Crippen molar-refractivity contribution < 1.29 is 0 Å². The fraction of sp³-hybridized carbons (Fsp3) is 1.00. The lowest BCUT2D eigenvalue weighted by Crippen LogP contribution is -2.31. The van der Waals surface area contributed by atoms with Crippen molar-refractivity contribution in [1.82, 2.24) is 0 Å². The summed E-state index contributed by atoms with van der Waals surface area (Å²) in [6.07, 6.45) is 8.50. The molecular weight excluding hydrogens is 178 g/mol. The molecule has 2 heteroatoms. The summed E-state index contributed by atoms with van der Waals surface area (Å²) in [7, 11) is 0. The number of rotatable bonds is 3. The topological polar surface area (TPSA) is 26.0 Å². The molecule has 0 radical (unpaired) electrons. The first-order chi connectivity index (χ1) is 6.36. The molecule has 1 saturated heterocycles. The zero-order valence-corrected chi connectivity index (χ0v) is 9.19. The van der Waals surface area contributed by atoms with E-state index < -0.39 is 0 Å². The van der Waals surface area contributed by atoms with Crippen LogP contribution in [0.3, 0.4) is 0 Å². The van der Waals surface area contributed by atoms with E-state index in [-0.39, 0.29) is 0 Å². The number of hydrogen-bond donors (Lipinski definition) is 1. The van der Waals surface area contributed by atoms with Gasteiger partial charge in [0.25, 0.3) is 0 Å². The fourth-order valence-corrected chi connectivity index (χ4v) is 4.07. The minimum Gasteiger partial charge on any atom is -0.327 e. The highest BCUT2D eigenvalue weighted by Crippen LogP contribution is 2.33. The summed E-state index contributed by atoms with van der Waals surface area (Å²) in [6, 6.07) is 0.512. The van der Waals surface area contributed by atoms with Gasteiger partial charge in [0.15, 0.2) is 0 Å². The minimum absolute atomic E-state index is 0.512. The van der Waals surface area contributed by atoms with Crippen LogP contribution in [0.4, 0.5) is 0 Å². The van der Waals surface area contributed by atoms with Gasteiger partial charge in [-0.2, -0.15) is 11.8 Å². The van der Waals surface area contributed by atoms with Crippen LogP contribution in [0.25, 0.3) is 0 Å². The van der Waals surface area contributed by atoms with Gasteiger partial charge in [-0.3, -0.25) is 0 Å². The monoisotopic (exact) mass is 199 g/mol. The van der Waals surface area contributed by atoms with Gasteiger partial charge in [0.05, 0.1) is 0 Å². The van der Waals surface area contributed by atoms with Gasteiger partial charge < -0.3 is 5.73 Å². The predicted octanol–water partition coefficient (Wildman–Crippen LogP) is 2.65. The zero-order chi connectivity index (χ0) is 9.10. The van der Waals surface area contributed by atoms with Crippen molar-refractivity contribution >= 4 is 11.8 Å². The number of hydrogen-bond acceptors (Lipinski definition) is 2. The smallest absolute Gasteiger partial charge is 0.00779 e. The molecule has 0 spiro atoms. The Labute approximate surface area is 85.8 Å². The van der Waals surface area contributed by atoms with Gasteiger partial charge in [-0.05, 0) is 36.2 Å². The highest BCUT2D eigenvalue weighted by atomic mass is 32.2. The van der Waals surface area contributed by atoms with Crippen LogP contribution in [-0.4, -0.2) is 17.5 Å². The maximum Gasteiger partial charge on any atom is 0.00779 e. The summed E-state index contributed by atoms with van der Waals surface area (Å²) in [5.74, 6) is 4.49. The second-order valence-electron chi connectivity index (χ2n) is 4.67. The molecule has 0 aromatic heterocycles. The van der Waals surface area contributed by atoms with Crippen LogP contribution in [0, 0.1) is 11.8 Å². The molecular formula is C11H21NS. The van der Waals surface area contributed by atoms with Crippen molar-refractivity contribution in [3.05, 3.63) is 0 Å². The van der Waals surface area contributed by atoms with E-state index in [2.05, 4.69) is 11.8 Å². The van der Waals surface area contributed by atoms with Crippen molar-refractivity contribution in [2.45, 2.75) is 44.6 Å². The van der Waals surface area contributed by atoms with E-state index in [0.717, 1.165) is 11.8 Å². The lowest BCUT2D eigenvalue weighted by Gasteiger charge is -2.21. The van der Waals surface area contributed by atoms with Crippen LogP contribution in [0.5, 0.6) is 0 Å².